The number of aliphatic carboxylic acids is 1. The largest absolute Gasteiger partial charge is 0.481 e. The maximum absolute atomic E-state index is 11.6. The van der Waals surface area contributed by atoms with E-state index in [4.69, 9.17) is 27.9 Å². The predicted octanol–water partition coefficient (Wildman–Crippen LogP) is 4.24. The number of carbonyl (C=O) groups is 1. The third kappa shape index (κ3) is 7.85. The molecule has 0 spiro atoms. The summed E-state index contributed by atoms with van der Waals surface area (Å²) in [6.45, 7) is 8.63. The Balaban J connectivity index is 1.81. The minimum Gasteiger partial charge on any atom is -0.481 e. The number of carboxylic acids is 1. The molecule has 1 aliphatic rings. The van der Waals surface area contributed by atoms with Crippen molar-refractivity contribution in [3.63, 3.8) is 0 Å². The minimum absolute atomic E-state index is 0.0120. The molecule has 1 atom stereocenters. The molecule has 8 nitrogen and oxygen atoms in total. The fourth-order valence-corrected chi connectivity index (χ4v) is 4.57. The number of allylic oxidation sites excluding steroid dienone is 1. The molecule has 3 rings (SSSR count). The molecule has 0 aliphatic carbocycles. The second-order valence-electron chi connectivity index (χ2n) is 9.69. The maximum Gasteiger partial charge on any atom is 0.303 e. The van der Waals surface area contributed by atoms with Crippen molar-refractivity contribution in [3.8, 4) is 5.88 Å². The van der Waals surface area contributed by atoms with E-state index in [-0.39, 0.29) is 12.3 Å². The summed E-state index contributed by atoms with van der Waals surface area (Å²) in [5.41, 5.74) is 9.22. The number of hydrogen-bond acceptors (Lipinski definition) is 7. The van der Waals surface area contributed by atoms with Gasteiger partial charge in [-0.3, -0.25) is 9.69 Å². The highest BCUT2D eigenvalue weighted by atomic mass is 35.5. The number of benzene rings is 1. The van der Waals surface area contributed by atoms with Crippen molar-refractivity contribution in [1.29, 1.82) is 0 Å². The number of fused-ring (bicyclic) bond motifs is 1. The van der Waals surface area contributed by atoms with E-state index in [9.17, 15) is 9.90 Å². The molecule has 1 unspecified atom stereocenters. The van der Waals surface area contributed by atoms with E-state index in [1.807, 2.05) is 51.1 Å². The number of rotatable bonds is 10. The van der Waals surface area contributed by atoms with E-state index < -0.39 is 11.6 Å². The molecule has 0 amide bonds. The lowest BCUT2D eigenvalue weighted by molar-refractivity contribution is -0.137. The Hall–Kier alpha value is -2.81. The van der Waals surface area contributed by atoms with Gasteiger partial charge in [-0.05, 0) is 62.8 Å². The van der Waals surface area contributed by atoms with Crippen molar-refractivity contribution in [2.24, 2.45) is 11.6 Å². The summed E-state index contributed by atoms with van der Waals surface area (Å²) < 4.78 is 6.16. The highest BCUT2D eigenvalue weighted by Crippen LogP contribution is 2.32. The van der Waals surface area contributed by atoms with Crippen LogP contribution < -0.4 is 16.3 Å². The van der Waals surface area contributed by atoms with Crippen LogP contribution in [0.1, 0.15) is 62.6 Å². The Morgan fingerprint density at radius 1 is 1.40 bits per heavy atom. The number of ether oxygens (including phenoxy) is 1. The molecule has 1 aliphatic heterocycles. The van der Waals surface area contributed by atoms with Gasteiger partial charge in [-0.2, -0.15) is 0 Å². The number of halogens is 1. The van der Waals surface area contributed by atoms with Crippen molar-refractivity contribution < 1.29 is 14.6 Å². The average molecular weight is 502 g/mol. The van der Waals surface area contributed by atoms with Crippen molar-refractivity contribution >= 4 is 17.6 Å². The smallest absolute Gasteiger partial charge is 0.303 e. The van der Waals surface area contributed by atoms with Crippen LogP contribution in [0.2, 0.25) is 5.02 Å². The van der Waals surface area contributed by atoms with Crippen LogP contribution in [-0.4, -0.2) is 44.7 Å². The molecule has 0 saturated heterocycles. The first-order chi connectivity index (χ1) is 16.6. The van der Waals surface area contributed by atoms with E-state index in [0.717, 1.165) is 16.7 Å². The van der Waals surface area contributed by atoms with Gasteiger partial charge in [-0.15, -0.1) is 0 Å². The van der Waals surface area contributed by atoms with Crippen LogP contribution in [0.3, 0.4) is 0 Å². The summed E-state index contributed by atoms with van der Waals surface area (Å²) in [7, 11) is 0. The molecule has 0 fully saturated rings. The molecule has 2 aromatic rings. The Labute approximate surface area is 212 Å². The Bertz CT molecular complexity index is 1060. The average Bonchev–Trinajstić information content (AvgIpc) is 2.91. The van der Waals surface area contributed by atoms with E-state index in [0.29, 0.717) is 55.6 Å². The monoisotopic (exact) mass is 501 g/mol. The van der Waals surface area contributed by atoms with Crippen molar-refractivity contribution in [2.75, 3.05) is 13.1 Å². The molecule has 1 aromatic carbocycles. The van der Waals surface area contributed by atoms with Gasteiger partial charge >= 0.3 is 5.97 Å². The van der Waals surface area contributed by atoms with Crippen LogP contribution in [0.5, 0.6) is 5.88 Å². The van der Waals surface area contributed by atoms with Gasteiger partial charge in [0, 0.05) is 54.9 Å². The summed E-state index contributed by atoms with van der Waals surface area (Å²) >= 11 is 6.60. The highest BCUT2D eigenvalue weighted by molar-refractivity contribution is 6.31. The first-order valence-corrected chi connectivity index (χ1v) is 12.3. The van der Waals surface area contributed by atoms with Crippen LogP contribution in [0.4, 0.5) is 0 Å². The third-order valence-electron chi connectivity index (χ3n) is 6.06. The molecule has 1 aromatic heterocycles. The molecule has 190 valence electrons. The minimum atomic E-state index is -0.849. The van der Waals surface area contributed by atoms with Gasteiger partial charge in [-0.1, -0.05) is 29.8 Å². The topological polar surface area (TPSA) is 118 Å². The van der Waals surface area contributed by atoms with Gasteiger partial charge in [0.1, 0.15) is 5.60 Å². The van der Waals surface area contributed by atoms with Gasteiger partial charge < -0.3 is 20.6 Å². The molecule has 2 heterocycles. The van der Waals surface area contributed by atoms with Crippen LogP contribution >= 0.6 is 11.6 Å². The summed E-state index contributed by atoms with van der Waals surface area (Å²) in [4.78, 5) is 18.3. The Kier molecular flexibility index (Phi) is 8.99. The zero-order valence-electron chi connectivity index (χ0n) is 20.7. The lowest BCUT2D eigenvalue weighted by Crippen LogP contribution is -2.40. The fraction of sp³-hybridized carbons (Fsp3) is 0.462. The van der Waals surface area contributed by atoms with E-state index in [1.54, 1.807) is 12.4 Å². The van der Waals surface area contributed by atoms with Crippen LogP contribution in [-0.2, 0) is 17.9 Å². The Morgan fingerprint density at radius 2 is 2.17 bits per heavy atom. The second-order valence-corrected chi connectivity index (χ2v) is 10.1. The predicted molar refractivity (Wildman–Crippen MR) is 138 cm³/mol. The summed E-state index contributed by atoms with van der Waals surface area (Å²) in [5, 5.41) is 11.7. The molecular formula is C26H36ClN5O3. The van der Waals surface area contributed by atoms with E-state index >= 15 is 0 Å². The maximum atomic E-state index is 11.6. The standard InChI is InChI=1S/C26H36ClN5O3/c1-4-32(29)16-22(28)9-7-19(13-24(33)34)18-8-10-23(27)21(12-18)15-31-14-20-6-5-11-30-25(20)35-26(2,3)17-31/h5-6,8,10-12,16,19H,4,7,9,13-15,17,28-29H2,1-3H3,(H,33,34)/b22-16-. The first-order valence-electron chi connectivity index (χ1n) is 11.9. The molecule has 9 heteroatoms. The number of nitrogens with two attached hydrogens (primary N) is 2. The summed E-state index contributed by atoms with van der Waals surface area (Å²) in [6, 6.07) is 9.73. The molecule has 0 bridgehead atoms. The summed E-state index contributed by atoms with van der Waals surface area (Å²) in [5.74, 6) is 5.42. The normalized spacial score (nSPS) is 16.7. The quantitative estimate of drug-likeness (QED) is 0.327. The first kappa shape index (κ1) is 26.8. The molecule has 5 N–H and O–H groups in total. The number of hydrazine groups is 1. The van der Waals surface area contributed by atoms with Crippen molar-refractivity contribution in [3.05, 3.63) is 70.1 Å². The number of pyridine rings is 1. The fourth-order valence-electron chi connectivity index (χ4n) is 4.40. The second kappa shape index (κ2) is 11.7. The number of aromatic nitrogens is 1. The zero-order chi connectivity index (χ0) is 25.6. The van der Waals surface area contributed by atoms with E-state index in [2.05, 4.69) is 9.88 Å². The third-order valence-corrected chi connectivity index (χ3v) is 6.42. The lowest BCUT2D eigenvalue weighted by Gasteiger charge is -2.29. The van der Waals surface area contributed by atoms with E-state index in [1.165, 1.54) is 5.01 Å². The summed E-state index contributed by atoms with van der Waals surface area (Å²) in [6.07, 6.45) is 4.59. The SMILES string of the molecule is CCN(N)/C=C(\N)CCC(CC(=O)O)c1ccc(Cl)c(CN2Cc3cccnc3OC(C)(C)C2)c1. The van der Waals surface area contributed by atoms with Gasteiger partial charge in [-0.25, -0.2) is 10.8 Å². The van der Waals surface area contributed by atoms with Gasteiger partial charge in [0.15, 0.2) is 0 Å². The molecule has 0 saturated carbocycles. The van der Waals surface area contributed by atoms with Crippen molar-refractivity contribution in [2.45, 2.75) is 64.6 Å². The lowest BCUT2D eigenvalue weighted by atomic mass is 9.89. The van der Waals surface area contributed by atoms with Gasteiger partial charge in [0.25, 0.3) is 0 Å². The molecule has 0 radical (unpaired) electrons. The zero-order valence-corrected chi connectivity index (χ0v) is 21.5. The van der Waals surface area contributed by atoms with Crippen LogP contribution in [0.25, 0.3) is 0 Å². The van der Waals surface area contributed by atoms with Gasteiger partial charge in [0.05, 0.1) is 6.42 Å². The van der Waals surface area contributed by atoms with Crippen LogP contribution in [0.15, 0.2) is 48.4 Å². The number of carboxylic acid groups (broad SMARTS) is 1. The Morgan fingerprint density at radius 3 is 2.89 bits per heavy atom. The number of hydrogen-bond donors (Lipinski definition) is 3. The molecule has 35 heavy (non-hydrogen) atoms. The van der Waals surface area contributed by atoms with Gasteiger partial charge in [0.2, 0.25) is 5.88 Å². The van der Waals surface area contributed by atoms with Crippen molar-refractivity contribution in [1.82, 2.24) is 14.9 Å². The molecular weight excluding hydrogens is 466 g/mol. The highest BCUT2D eigenvalue weighted by Gasteiger charge is 2.30. The van der Waals surface area contributed by atoms with Crippen LogP contribution in [0, 0.1) is 0 Å². The number of nitrogens with zero attached hydrogens (tertiary/aromatic N) is 3.